The normalized spacial score (nSPS) is 20.1. The summed E-state index contributed by atoms with van der Waals surface area (Å²) in [6.07, 6.45) is 2.00. The molecule has 1 aliphatic heterocycles. The van der Waals surface area contributed by atoms with Crippen LogP contribution in [0.3, 0.4) is 0 Å². The second-order valence-electron chi connectivity index (χ2n) is 4.67. The zero-order valence-electron chi connectivity index (χ0n) is 10.6. The van der Waals surface area contributed by atoms with Gasteiger partial charge in [0.15, 0.2) is 5.82 Å². The predicted molar refractivity (Wildman–Crippen MR) is 72.6 cm³/mol. The summed E-state index contributed by atoms with van der Waals surface area (Å²) < 4.78 is 1.86. The fraction of sp³-hybridized carbons (Fsp3) is 0.357. The first kappa shape index (κ1) is 11.3. The third kappa shape index (κ3) is 2.11. The summed E-state index contributed by atoms with van der Waals surface area (Å²) in [5, 5.41) is 7.99. The molecule has 3 rings (SSSR count). The molecular weight excluding hydrogens is 224 g/mol. The van der Waals surface area contributed by atoms with Crippen LogP contribution in [0.5, 0.6) is 0 Å². The summed E-state index contributed by atoms with van der Waals surface area (Å²) in [7, 11) is 1.96. The van der Waals surface area contributed by atoms with E-state index in [0.29, 0.717) is 6.04 Å². The minimum absolute atomic E-state index is 0.370. The van der Waals surface area contributed by atoms with E-state index in [4.69, 9.17) is 0 Å². The van der Waals surface area contributed by atoms with Crippen molar-refractivity contribution in [2.45, 2.75) is 6.04 Å². The van der Waals surface area contributed by atoms with Gasteiger partial charge in [-0.1, -0.05) is 30.3 Å². The lowest BCUT2D eigenvalue weighted by Gasteiger charge is -2.36. The molecule has 2 aromatic rings. The highest BCUT2D eigenvalue weighted by atomic mass is 15.4. The van der Waals surface area contributed by atoms with E-state index in [-0.39, 0.29) is 0 Å². The van der Waals surface area contributed by atoms with Crippen molar-refractivity contribution in [2.24, 2.45) is 7.05 Å². The Hall–Kier alpha value is -1.81. The number of hydrogen-bond donors (Lipinski definition) is 1. The van der Waals surface area contributed by atoms with E-state index in [2.05, 4.69) is 51.7 Å². The molecule has 0 amide bonds. The SMILES string of the molecule is Cn1ccc(N2CCNCC2c2ccccc2)n1. The van der Waals surface area contributed by atoms with Gasteiger partial charge >= 0.3 is 0 Å². The Balaban J connectivity index is 1.91. The van der Waals surface area contributed by atoms with Gasteiger partial charge in [0.1, 0.15) is 0 Å². The van der Waals surface area contributed by atoms with Crippen molar-refractivity contribution >= 4 is 5.82 Å². The zero-order chi connectivity index (χ0) is 12.4. The highest BCUT2D eigenvalue weighted by Gasteiger charge is 2.25. The molecule has 1 aromatic carbocycles. The Kier molecular flexibility index (Phi) is 3.02. The monoisotopic (exact) mass is 242 g/mol. The van der Waals surface area contributed by atoms with Gasteiger partial charge in [-0.05, 0) is 5.56 Å². The molecule has 0 bridgehead atoms. The van der Waals surface area contributed by atoms with Crippen molar-refractivity contribution in [3.05, 3.63) is 48.2 Å². The molecule has 1 aliphatic rings. The predicted octanol–water partition coefficient (Wildman–Crippen LogP) is 1.57. The molecule has 1 aromatic heterocycles. The van der Waals surface area contributed by atoms with E-state index in [1.54, 1.807) is 0 Å². The first-order valence-corrected chi connectivity index (χ1v) is 6.36. The number of nitrogens with one attached hydrogen (secondary N) is 1. The molecule has 1 saturated heterocycles. The van der Waals surface area contributed by atoms with Crippen molar-refractivity contribution < 1.29 is 0 Å². The summed E-state index contributed by atoms with van der Waals surface area (Å²) >= 11 is 0. The van der Waals surface area contributed by atoms with Crippen LogP contribution in [0.2, 0.25) is 0 Å². The number of anilines is 1. The van der Waals surface area contributed by atoms with Crippen molar-refractivity contribution in [2.75, 3.05) is 24.5 Å². The van der Waals surface area contributed by atoms with Crippen LogP contribution in [-0.4, -0.2) is 29.4 Å². The largest absolute Gasteiger partial charge is 0.346 e. The molecule has 0 saturated carbocycles. The van der Waals surface area contributed by atoms with Gasteiger partial charge < -0.3 is 10.2 Å². The number of hydrogen-bond acceptors (Lipinski definition) is 3. The maximum Gasteiger partial charge on any atom is 0.151 e. The second-order valence-corrected chi connectivity index (χ2v) is 4.67. The van der Waals surface area contributed by atoms with Gasteiger partial charge in [-0.2, -0.15) is 5.10 Å². The molecule has 1 atom stereocenters. The first-order chi connectivity index (χ1) is 8.84. The highest BCUT2D eigenvalue weighted by molar-refractivity contribution is 5.42. The van der Waals surface area contributed by atoms with Gasteiger partial charge in [-0.3, -0.25) is 4.68 Å². The van der Waals surface area contributed by atoms with Crippen LogP contribution in [0.25, 0.3) is 0 Å². The number of benzene rings is 1. The Bertz CT molecular complexity index is 506. The van der Waals surface area contributed by atoms with E-state index in [0.717, 1.165) is 25.5 Å². The number of aromatic nitrogens is 2. The van der Waals surface area contributed by atoms with E-state index >= 15 is 0 Å². The molecule has 4 heteroatoms. The summed E-state index contributed by atoms with van der Waals surface area (Å²) in [4.78, 5) is 2.38. The van der Waals surface area contributed by atoms with Crippen molar-refractivity contribution in [1.82, 2.24) is 15.1 Å². The smallest absolute Gasteiger partial charge is 0.151 e. The van der Waals surface area contributed by atoms with Crippen molar-refractivity contribution in [3.8, 4) is 0 Å². The standard InChI is InChI=1S/C14H18N4/c1-17-9-7-14(16-17)18-10-8-15-11-13(18)12-5-3-2-4-6-12/h2-7,9,13,15H,8,10-11H2,1H3. The minimum atomic E-state index is 0.370. The molecule has 2 heterocycles. The molecule has 4 nitrogen and oxygen atoms in total. The van der Waals surface area contributed by atoms with E-state index in [1.807, 2.05) is 17.9 Å². The maximum atomic E-state index is 4.52. The third-order valence-corrected chi connectivity index (χ3v) is 3.42. The molecule has 0 spiro atoms. The number of piperazine rings is 1. The molecule has 1 N–H and O–H groups in total. The van der Waals surface area contributed by atoms with Gasteiger partial charge in [0.05, 0.1) is 6.04 Å². The molecule has 0 radical (unpaired) electrons. The topological polar surface area (TPSA) is 33.1 Å². The Morgan fingerprint density at radius 2 is 2.06 bits per heavy atom. The first-order valence-electron chi connectivity index (χ1n) is 6.36. The van der Waals surface area contributed by atoms with Crippen LogP contribution in [-0.2, 0) is 7.05 Å². The summed E-state index contributed by atoms with van der Waals surface area (Å²) in [5.41, 5.74) is 1.34. The van der Waals surface area contributed by atoms with Crippen LogP contribution >= 0.6 is 0 Å². The summed E-state index contributed by atoms with van der Waals surface area (Å²) in [6, 6.07) is 13.1. The molecule has 94 valence electrons. The van der Waals surface area contributed by atoms with E-state index in [9.17, 15) is 0 Å². The quantitative estimate of drug-likeness (QED) is 0.868. The van der Waals surface area contributed by atoms with Gasteiger partial charge in [-0.25, -0.2) is 0 Å². The van der Waals surface area contributed by atoms with E-state index in [1.165, 1.54) is 5.56 Å². The lowest BCUT2D eigenvalue weighted by atomic mass is 10.0. The second kappa shape index (κ2) is 4.82. The van der Waals surface area contributed by atoms with Gasteiger partial charge in [0, 0.05) is 38.9 Å². The van der Waals surface area contributed by atoms with Gasteiger partial charge in [0.2, 0.25) is 0 Å². The van der Waals surface area contributed by atoms with Crippen LogP contribution in [0, 0.1) is 0 Å². The van der Waals surface area contributed by atoms with Crippen molar-refractivity contribution in [3.63, 3.8) is 0 Å². The maximum absolute atomic E-state index is 4.52. The van der Waals surface area contributed by atoms with Gasteiger partial charge in [-0.15, -0.1) is 0 Å². The average molecular weight is 242 g/mol. The lowest BCUT2D eigenvalue weighted by Crippen LogP contribution is -2.46. The third-order valence-electron chi connectivity index (χ3n) is 3.42. The van der Waals surface area contributed by atoms with E-state index < -0.39 is 0 Å². The van der Waals surface area contributed by atoms with Crippen LogP contribution in [0.1, 0.15) is 11.6 Å². The fourth-order valence-electron chi connectivity index (χ4n) is 2.51. The highest BCUT2D eigenvalue weighted by Crippen LogP contribution is 2.26. The van der Waals surface area contributed by atoms with Crippen molar-refractivity contribution in [1.29, 1.82) is 0 Å². The molecular formula is C14H18N4. The molecule has 1 unspecified atom stereocenters. The van der Waals surface area contributed by atoms with Gasteiger partial charge in [0.25, 0.3) is 0 Å². The van der Waals surface area contributed by atoms with Crippen LogP contribution in [0.15, 0.2) is 42.6 Å². The van der Waals surface area contributed by atoms with Crippen LogP contribution in [0.4, 0.5) is 5.82 Å². The average Bonchev–Trinajstić information content (AvgIpc) is 2.86. The van der Waals surface area contributed by atoms with Crippen LogP contribution < -0.4 is 10.2 Å². The number of rotatable bonds is 2. The Morgan fingerprint density at radius 3 is 2.78 bits per heavy atom. The fourth-order valence-corrected chi connectivity index (χ4v) is 2.51. The summed E-state index contributed by atoms with van der Waals surface area (Å²) in [5.74, 6) is 1.06. The summed E-state index contributed by atoms with van der Waals surface area (Å²) in [6.45, 7) is 2.98. The Labute approximate surface area is 107 Å². The lowest BCUT2D eigenvalue weighted by molar-refractivity contribution is 0.484. The molecule has 18 heavy (non-hydrogen) atoms. The molecule has 1 fully saturated rings. The Morgan fingerprint density at radius 1 is 1.22 bits per heavy atom. The zero-order valence-corrected chi connectivity index (χ0v) is 10.6. The number of nitrogens with zero attached hydrogens (tertiary/aromatic N) is 3. The molecule has 0 aliphatic carbocycles. The number of aryl methyl sites for hydroxylation is 1. The minimum Gasteiger partial charge on any atom is -0.346 e.